The highest BCUT2D eigenvalue weighted by Gasteiger charge is 2.04. The lowest BCUT2D eigenvalue weighted by atomic mass is 10.2. The van der Waals surface area contributed by atoms with Crippen molar-refractivity contribution >= 4 is 16.7 Å². The first-order chi connectivity index (χ1) is 8.83. The fraction of sp³-hybridized carbons (Fsp3) is 0.0667. The van der Waals surface area contributed by atoms with Gasteiger partial charge in [0, 0.05) is 5.39 Å². The third-order valence-electron chi connectivity index (χ3n) is 2.88. The van der Waals surface area contributed by atoms with Crippen LogP contribution in [0.1, 0.15) is 5.56 Å². The summed E-state index contributed by atoms with van der Waals surface area (Å²) in [6, 6.07) is 17.9. The number of aromatic amines is 1. The summed E-state index contributed by atoms with van der Waals surface area (Å²) in [5.41, 5.74) is 7.90. The Balaban J connectivity index is 1.86. The summed E-state index contributed by atoms with van der Waals surface area (Å²) in [6.07, 6.45) is 0. The second-order valence-corrected chi connectivity index (χ2v) is 4.22. The zero-order valence-corrected chi connectivity index (χ0v) is 9.89. The van der Waals surface area contributed by atoms with Crippen LogP contribution in [0.4, 0.5) is 5.82 Å². The van der Waals surface area contributed by atoms with E-state index < -0.39 is 0 Å². The van der Waals surface area contributed by atoms with Crippen molar-refractivity contribution in [2.75, 3.05) is 5.73 Å². The molecule has 3 nitrogen and oxygen atoms in total. The first-order valence-electron chi connectivity index (χ1n) is 5.87. The summed E-state index contributed by atoms with van der Waals surface area (Å²) in [7, 11) is 0. The van der Waals surface area contributed by atoms with E-state index in [2.05, 4.69) is 4.98 Å². The molecular formula is C15H14N2O. The summed E-state index contributed by atoms with van der Waals surface area (Å²) in [5.74, 6) is 1.50. The van der Waals surface area contributed by atoms with Gasteiger partial charge in [-0.3, -0.25) is 0 Å². The van der Waals surface area contributed by atoms with Crippen LogP contribution < -0.4 is 10.5 Å². The molecule has 0 saturated heterocycles. The summed E-state index contributed by atoms with van der Waals surface area (Å²) in [6.45, 7) is 0.561. The fourth-order valence-corrected chi connectivity index (χ4v) is 2.01. The maximum atomic E-state index is 5.84. The van der Waals surface area contributed by atoms with Crippen molar-refractivity contribution < 1.29 is 4.74 Å². The molecule has 3 heteroatoms. The molecule has 0 aliphatic carbocycles. The molecule has 0 aliphatic heterocycles. The Bertz CT molecular complexity index is 659. The lowest BCUT2D eigenvalue weighted by Crippen LogP contribution is -1.94. The minimum atomic E-state index is 0.561. The van der Waals surface area contributed by atoms with E-state index in [0.29, 0.717) is 12.4 Å². The predicted molar refractivity (Wildman–Crippen MR) is 73.5 cm³/mol. The van der Waals surface area contributed by atoms with Crippen molar-refractivity contribution in [2.24, 2.45) is 0 Å². The number of hydrogen-bond donors (Lipinski definition) is 2. The molecule has 0 radical (unpaired) electrons. The Morgan fingerprint density at radius 2 is 1.83 bits per heavy atom. The topological polar surface area (TPSA) is 51.0 Å². The van der Waals surface area contributed by atoms with Crippen molar-refractivity contribution in [2.45, 2.75) is 6.61 Å². The van der Waals surface area contributed by atoms with Gasteiger partial charge in [0.15, 0.2) is 0 Å². The quantitative estimate of drug-likeness (QED) is 0.735. The number of anilines is 1. The van der Waals surface area contributed by atoms with Gasteiger partial charge in [-0.2, -0.15) is 0 Å². The second-order valence-electron chi connectivity index (χ2n) is 4.22. The molecule has 2 aromatic carbocycles. The van der Waals surface area contributed by atoms with Crippen molar-refractivity contribution in [1.29, 1.82) is 0 Å². The van der Waals surface area contributed by atoms with Crippen LogP contribution in [-0.4, -0.2) is 4.98 Å². The van der Waals surface area contributed by atoms with Gasteiger partial charge in [-0.25, -0.2) is 0 Å². The van der Waals surface area contributed by atoms with Gasteiger partial charge in [-0.1, -0.05) is 36.4 Å². The molecule has 0 fully saturated rings. The van der Waals surface area contributed by atoms with E-state index in [-0.39, 0.29) is 0 Å². The number of H-pyrrole nitrogens is 1. The number of ether oxygens (including phenoxy) is 1. The maximum absolute atomic E-state index is 5.84. The molecule has 1 heterocycles. The van der Waals surface area contributed by atoms with Crippen molar-refractivity contribution in [1.82, 2.24) is 4.98 Å². The SMILES string of the molecule is Nc1cc2c(OCc3ccccc3)cccc2[nH]1. The molecule has 0 bridgehead atoms. The lowest BCUT2D eigenvalue weighted by molar-refractivity contribution is 0.310. The van der Waals surface area contributed by atoms with Gasteiger partial charge >= 0.3 is 0 Å². The van der Waals surface area contributed by atoms with E-state index in [0.717, 1.165) is 22.2 Å². The van der Waals surface area contributed by atoms with Crippen LogP contribution in [-0.2, 0) is 6.61 Å². The van der Waals surface area contributed by atoms with Crippen molar-refractivity contribution in [3.63, 3.8) is 0 Å². The fourth-order valence-electron chi connectivity index (χ4n) is 2.01. The van der Waals surface area contributed by atoms with Crippen LogP contribution in [0, 0.1) is 0 Å². The molecule has 3 N–H and O–H groups in total. The first kappa shape index (κ1) is 10.7. The third kappa shape index (κ3) is 2.02. The number of benzene rings is 2. The molecule has 0 unspecified atom stereocenters. The summed E-state index contributed by atoms with van der Waals surface area (Å²) in [5, 5.41) is 1.02. The second kappa shape index (κ2) is 4.45. The molecule has 0 saturated carbocycles. The van der Waals surface area contributed by atoms with E-state index in [9.17, 15) is 0 Å². The molecule has 1 aromatic heterocycles. The first-order valence-corrected chi connectivity index (χ1v) is 5.87. The number of nitrogens with one attached hydrogen (secondary N) is 1. The Labute approximate surface area is 105 Å². The molecule has 0 amide bonds. The largest absolute Gasteiger partial charge is 0.488 e. The maximum Gasteiger partial charge on any atom is 0.129 e. The number of aromatic nitrogens is 1. The predicted octanol–water partition coefficient (Wildman–Crippen LogP) is 3.33. The number of nitrogen functional groups attached to an aromatic ring is 1. The third-order valence-corrected chi connectivity index (χ3v) is 2.88. The minimum Gasteiger partial charge on any atom is -0.488 e. The summed E-state index contributed by atoms with van der Waals surface area (Å²) >= 11 is 0. The van der Waals surface area contributed by atoms with Gasteiger partial charge in [-0.05, 0) is 23.8 Å². The van der Waals surface area contributed by atoms with Crippen LogP contribution in [0.2, 0.25) is 0 Å². The van der Waals surface area contributed by atoms with E-state index in [4.69, 9.17) is 10.5 Å². The Hall–Kier alpha value is -2.42. The smallest absolute Gasteiger partial charge is 0.129 e. The van der Waals surface area contributed by atoms with Crippen LogP contribution in [0.25, 0.3) is 10.9 Å². The molecule has 90 valence electrons. The number of hydrogen-bond acceptors (Lipinski definition) is 2. The van der Waals surface area contributed by atoms with Gasteiger partial charge in [0.1, 0.15) is 18.2 Å². The van der Waals surface area contributed by atoms with Crippen molar-refractivity contribution in [3.8, 4) is 5.75 Å². The molecule has 0 aliphatic rings. The highest BCUT2D eigenvalue weighted by molar-refractivity contribution is 5.89. The highest BCUT2D eigenvalue weighted by Crippen LogP contribution is 2.27. The standard InChI is InChI=1S/C15H14N2O/c16-15-9-12-13(17-15)7-4-8-14(12)18-10-11-5-2-1-3-6-11/h1-9,17H,10,16H2. The Morgan fingerprint density at radius 3 is 2.67 bits per heavy atom. The monoisotopic (exact) mass is 238 g/mol. The normalized spacial score (nSPS) is 10.7. The summed E-state index contributed by atoms with van der Waals surface area (Å²) in [4.78, 5) is 3.09. The van der Waals surface area contributed by atoms with Gasteiger partial charge < -0.3 is 15.5 Å². The molecule has 3 aromatic rings. The summed E-state index contributed by atoms with van der Waals surface area (Å²) < 4.78 is 5.84. The van der Waals surface area contributed by atoms with Crippen LogP contribution >= 0.6 is 0 Å². The molecule has 18 heavy (non-hydrogen) atoms. The van der Waals surface area contributed by atoms with E-state index in [1.807, 2.05) is 54.6 Å². The van der Waals surface area contributed by atoms with Gasteiger partial charge in [0.05, 0.1) is 5.52 Å². The van der Waals surface area contributed by atoms with E-state index >= 15 is 0 Å². The Morgan fingerprint density at radius 1 is 1.00 bits per heavy atom. The molecular weight excluding hydrogens is 224 g/mol. The highest BCUT2D eigenvalue weighted by atomic mass is 16.5. The average molecular weight is 238 g/mol. The minimum absolute atomic E-state index is 0.561. The van der Waals surface area contributed by atoms with Gasteiger partial charge in [0.25, 0.3) is 0 Å². The lowest BCUT2D eigenvalue weighted by Gasteiger charge is -2.07. The van der Waals surface area contributed by atoms with Crippen LogP contribution in [0.3, 0.4) is 0 Å². The number of fused-ring (bicyclic) bond motifs is 1. The molecule has 0 atom stereocenters. The van der Waals surface area contributed by atoms with Crippen LogP contribution in [0.15, 0.2) is 54.6 Å². The average Bonchev–Trinajstić information content (AvgIpc) is 2.78. The van der Waals surface area contributed by atoms with Crippen LogP contribution in [0.5, 0.6) is 5.75 Å². The van der Waals surface area contributed by atoms with Gasteiger partial charge in [0.2, 0.25) is 0 Å². The van der Waals surface area contributed by atoms with Gasteiger partial charge in [-0.15, -0.1) is 0 Å². The zero-order chi connectivity index (χ0) is 12.4. The molecule has 0 spiro atoms. The van der Waals surface area contributed by atoms with E-state index in [1.54, 1.807) is 0 Å². The van der Waals surface area contributed by atoms with Crippen molar-refractivity contribution in [3.05, 3.63) is 60.2 Å². The number of rotatable bonds is 3. The number of nitrogens with two attached hydrogens (primary N) is 1. The zero-order valence-electron chi connectivity index (χ0n) is 9.89. The van der Waals surface area contributed by atoms with E-state index in [1.165, 1.54) is 0 Å². The molecule has 3 rings (SSSR count). The Kier molecular flexibility index (Phi) is 2.65.